The number of hydrogen-bond donors (Lipinski definition) is 0. The molecule has 2 heteroatoms. The Bertz CT molecular complexity index is 2460. The van der Waals surface area contributed by atoms with Gasteiger partial charge in [0.1, 0.15) is 0 Å². The topological polar surface area (TPSA) is 8.17 Å². The molecule has 0 fully saturated rings. The molecule has 0 radical (unpaired) electrons. The number of fused-ring (bicyclic) bond motifs is 9. The Labute approximate surface area is 275 Å². The molecule has 10 rings (SSSR count). The summed E-state index contributed by atoms with van der Waals surface area (Å²) in [7, 11) is 0. The molecule has 0 N–H and O–H groups in total. The quantitative estimate of drug-likeness (QED) is 0.195. The molecule has 3 aliphatic rings. The van der Waals surface area contributed by atoms with Crippen LogP contribution in [-0.2, 0) is 5.41 Å². The Kier molecular flexibility index (Phi) is 5.49. The highest BCUT2D eigenvalue weighted by Crippen LogP contribution is 2.53. The van der Waals surface area contributed by atoms with Crippen LogP contribution in [0.4, 0.5) is 11.4 Å². The second-order valence-electron chi connectivity index (χ2n) is 13.7. The van der Waals surface area contributed by atoms with Gasteiger partial charge in [-0.05, 0) is 87.5 Å². The van der Waals surface area contributed by atoms with Gasteiger partial charge < -0.3 is 9.47 Å². The predicted molar refractivity (Wildman–Crippen MR) is 197 cm³/mol. The SMILES string of the molecule is CC1(C)c2ccccc2-c2cc(N3c4ccccc4C4C=C(c5ccc6c(c5)c5ccccc5n6-c5ccccc5)C=CC43)ccc21. The van der Waals surface area contributed by atoms with Gasteiger partial charge in [0.2, 0.25) is 0 Å². The van der Waals surface area contributed by atoms with Crippen molar-refractivity contribution in [2.24, 2.45) is 0 Å². The standard InChI is InChI=1S/C45H34N2/c1-45(2)39-17-9-6-14-33(39)36-28-32(22-23-40(36)45)47-42-19-11-8-16-35(42)38-27-30(21-25-44(38)47)29-20-24-43-37(26-29)34-15-7-10-18-41(34)46(43)31-12-4-3-5-13-31/h3-28,38,44H,1-2H3. The van der Waals surface area contributed by atoms with Gasteiger partial charge in [-0.3, -0.25) is 0 Å². The first-order valence-electron chi connectivity index (χ1n) is 16.7. The van der Waals surface area contributed by atoms with Gasteiger partial charge in [-0.1, -0.05) is 123 Å². The first kappa shape index (κ1) is 26.6. The lowest BCUT2D eigenvalue weighted by Crippen LogP contribution is -2.29. The number of para-hydroxylation sites is 3. The van der Waals surface area contributed by atoms with E-state index < -0.39 is 0 Å². The van der Waals surface area contributed by atoms with Crippen molar-refractivity contribution in [1.82, 2.24) is 4.57 Å². The maximum Gasteiger partial charge on any atom is 0.0630 e. The number of rotatable bonds is 3. The molecule has 2 heterocycles. The highest BCUT2D eigenvalue weighted by molar-refractivity contribution is 6.10. The van der Waals surface area contributed by atoms with Crippen LogP contribution in [-0.4, -0.2) is 10.6 Å². The molecular weight excluding hydrogens is 569 g/mol. The normalized spacial score (nSPS) is 18.6. The third kappa shape index (κ3) is 3.73. The number of allylic oxidation sites excluding steroid dienone is 2. The average Bonchev–Trinajstić information content (AvgIpc) is 3.71. The summed E-state index contributed by atoms with van der Waals surface area (Å²) in [5.41, 5.74) is 15.7. The fourth-order valence-corrected chi connectivity index (χ4v) is 8.71. The number of hydrogen-bond acceptors (Lipinski definition) is 1. The van der Waals surface area contributed by atoms with Gasteiger partial charge in [0.15, 0.2) is 0 Å². The van der Waals surface area contributed by atoms with Gasteiger partial charge in [0.05, 0.1) is 17.1 Å². The van der Waals surface area contributed by atoms with E-state index in [1.165, 1.54) is 77.8 Å². The first-order chi connectivity index (χ1) is 23.1. The molecule has 6 aromatic carbocycles. The molecular formula is C45H34N2. The number of aromatic nitrogens is 1. The first-order valence-corrected chi connectivity index (χ1v) is 16.7. The van der Waals surface area contributed by atoms with Gasteiger partial charge in [0, 0.05) is 39.2 Å². The summed E-state index contributed by atoms with van der Waals surface area (Å²) in [5.74, 6) is 0.268. The van der Waals surface area contributed by atoms with E-state index in [1.807, 2.05) is 0 Å². The van der Waals surface area contributed by atoms with Crippen molar-refractivity contribution in [3.8, 4) is 16.8 Å². The molecule has 224 valence electrons. The minimum Gasteiger partial charge on any atom is -0.333 e. The minimum atomic E-state index is 0.00674. The van der Waals surface area contributed by atoms with E-state index in [9.17, 15) is 0 Å². The molecule has 2 unspecified atom stereocenters. The van der Waals surface area contributed by atoms with E-state index in [0.29, 0.717) is 0 Å². The predicted octanol–water partition coefficient (Wildman–Crippen LogP) is 11.3. The van der Waals surface area contributed by atoms with E-state index in [4.69, 9.17) is 0 Å². The second-order valence-corrected chi connectivity index (χ2v) is 13.7. The molecule has 0 spiro atoms. The Hall–Kier alpha value is -5.60. The maximum absolute atomic E-state index is 2.56. The van der Waals surface area contributed by atoms with E-state index in [-0.39, 0.29) is 17.4 Å². The van der Waals surface area contributed by atoms with Crippen LogP contribution >= 0.6 is 0 Å². The zero-order valence-electron chi connectivity index (χ0n) is 26.6. The molecule has 2 nitrogen and oxygen atoms in total. The highest BCUT2D eigenvalue weighted by atomic mass is 15.2. The van der Waals surface area contributed by atoms with Crippen LogP contribution in [0.2, 0.25) is 0 Å². The molecule has 2 aliphatic carbocycles. The zero-order chi connectivity index (χ0) is 31.3. The van der Waals surface area contributed by atoms with Crippen LogP contribution < -0.4 is 4.90 Å². The lowest BCUT2D eigenvalue weighted by atomic mass is 9.82. The lowest BCUT2D eigenvalue weighted by molar-refractivity contribution is 0.660. The molecule has 0 amide bonds. The molecule has 7 aromatic rings. The van der Waals surface area contributed by atoms with Crippen molar-refractivity contribution in [3.63, 3.8) is 0 Å². The van der Waals surface area contributed by atoms with Gasteiger partial charge in [-0.15, -0.1) is 0 Å². The monoisotopic (exact) mass is 602 g/mol. The van der Waals surface area contributed by atoms with Gasteiger partial charge in [-0.25, -0.2) is 0 Å². The van der Waals surface area contributed by atoms with E-state index in [0.717, 1.165) is 0 Å². The van der Waals surface area contributed by atoms with Crippen LogP contribution in [0.25, 0.3) is 44.2 Å². The Morgan fingerprint density at radius 2 is 1.32 bits per heavy atom. The van der Waals surface area contributed by atoms with Crippen molar-refractivity contribution in [2.45, 2.75) is 31.2 Å². The summed E-state index contributed by atoms with van der Waals surface area (Å²) < 4.78 is 2.39. The van der Waals surface area contributed by atoms with Gasteiger partial charge in [0.25, 0.3) is 0 Å². The van der Waals surface area contributed by atoms with Crippen LogP contribution in [0, 0.1) is 0 Å². The zero-order valence-corrected chi connectivity index (χ0v) is 26.6. The third-order valence-electron chi connectivity index (χ3n) is 10.9. The molecule has 1 aromatic heterocycles. The Morgan fingerprint density at radius 3 is 2.23 bits per heavy atom. The van der Waals surface area contributed by atoms with Crippen molar-refractivity contribution in [2.75, 3.05) is 4.90 Å². The number of benzene rings is 6. The van der Waals surface area contributed by atoms with E-state index >= 15 is 0 Å². The lowest BCUT2D eigenvalue weighted by Gasteiger charge is -2.30. The van der Waals surface area contributed by atoms with Gasteiger partial charge in [-0.2, -0.15) is 0 Å². The van der Waals surface area contributed by atoms with Crippen LogP contribution in [0.15, 0.2) is 158 Å². The average molecular weight is 603 g/mol. The third-order valence-corrected chi connectivity index (χ3v) is 10.9. The summed E-state index contributed by atoms with van der Waals surface area (Å²) >= 11 is 0. The van der Waals surface area contributed by atoms with Crippen LogP contribution in [0.1, 0.15) is 42.0 Å². The van der Waals surface area contributed by atoms with Crippen LogP contribution in [0.5, 0.6) is 0 Å². The molecule has 2 atom stereocenters. The van der Waals surface area contributed by atoms with Crippen LogP contribution in [0.3, 0.4) is 0 Å². The van der Waals surface area contributed by atoms with Crippen molar-refractivity contribution < 1.29 is 0 Å². The van der Waals surface area contributed by atoms with Crippen molar-refractivity contribution >= 4 is 38.8 Å². The summed E-state index contributed by atoms with van der Waals surface area (Å²) in [5, 5.41) is 2.57. The smallest absolute Gasteiger partial charge is 0.0630 e. The highest BCUT2D eigenvalue weighted by Gasteiger charge is 2.40. The molecule has 47 heavy (non-hydrogen) atoms. The largest absolute Gasteiger partial charge is 0.333 e. The van der Waals surface area contributed by atoms with E-state index in [2.05, 4.69) is 181 Å². The Morgan fingerprint density at radius 1 is 0.574 bits per heavy atom. The minimum absolute atomic E-state index is 0.00674. The number of anilines is 2. The summed E-state index contributed by atoms with van der Waals surface area (Å²) in [4.78, 5) is 2.56. The fourth-order valence-electron chi connectivity index (χ4n) is 8.71. The van der Waals surface area contributed by atoms with Gasteiger partial charge >= 0.3 is 0 Å². The molecule has 0 bridgehead atoms. The maximum atomic E-state index is 2.56. The molecule has 0 saturated carbocycles. The summed E-state index contributed by atoms with van der Waals surface area (Å²) in [6.07, 6.45) is 7.29. The number of nitrogens with zero attached hydrogens (tertiary/aromatic N) is 2. The Balaban J connectivity index is 1.07. The molecule has 1 aliphatic heterocycles. The molecule has 0 saturated heterocycles. The van der Waals surface area contributed by atoms with Crippen molar-refractivity contribution in [3.05, 3.63) is 180 Å². The summed E-state index contributed by atoms with van der Waals surface area (Å²) in [6, 6.07) is 51.8. The van der Waals surface area contributed by atoms with Crippen molar-refractivity contribution in [1.29, 1.82) is 0 Å². The second kappa shape index (κ2) is 9.70. The summed E-state index contributed by atoms with van der Waals surface area (Å²) in [6.45, 7) is 4.71. The van der Waals surface area contributed by atoms with E-state index in [1.54, 1.807) is 0 Å². The fraction of sp³-hybridized carbons (Fsp3) is 0.111.